The molecule has 1 heterocycles. The van der Waals surface area contributed by atoms with Crippen molar-refractivity contribution in [1.29, 1.82) is 0 Å². The maximum atomic E-state index is 5.92. The Morgan fingerprint density at radius 3 is 2.42 bits per heavy atom. The molecule has 0 saturated heterocycles. The molecule has 1 unspecified atom stereocenters. The Kier molecular flexibility index (Phi) is 5.36. The van der Waals surface area contributed by atoms with E-state index >= 15 is 0 Å². The molecular formula is C14H16BrN3S. The first kappa shape index (κ1) is 14.5. The molecule has 0 spiro atoms. The van der Waals surface area contributed by atoms with Crippen molar-refractivity contribution in [2.75, 3.05) is 0 Å². The second kappa shape index (κ2) is 7.03. The number of benzene rings is 1. The Hall–Kier alpha value is -0.910. The highest BCUT2D eigenvalue weighted by molar-refractivity contribution is 9.10. The van der Waals surface area contributed by atoms with E-state index in [4.69, 9.17) is 5.73 Å². The summed E-state index contributed by atoms with van der Waals surface area (Å²) in [6.45, 7) is 2.09. The minimum Gasteiger partial charge on any atom is -0.327 e. The lowest BCUT2D eigenvalue weighted by Crippen LogP contribution is -2.21. The maximum absolute atomic E-state index is 5.92. The Balaban J connectivity index is 2.00. The predicted molar refractivity (Wildman–Crippen MR) is 82.3 cm³/mol. The van der Waals surface area contributed by atoms with Gasteiger partial charge in [0.1, 0.15) is 0 Å². The van der Waals surface area contributed by atoms with E-state index < -0.39 is 0 Å². The fourth-order valence-corrected chi connectivity index (χ4v) is 2.51. The van der Waals surface area contributed by atoms with Crippen LogP contribution in [0.15, 0.2) is 51.2 Å². The van der Waals surface area contributed by atoms with Gasteiger partial charge in [0.15, 0.2) is 5.16 Å². The summed E-state index contributed by atoms with van der Waals surface area (Å²) in [5, 5.41) is 0.760. The highest BCUT2D eigenvalue weighted by Gasteiger charge is 2.04. The van der Waals surface area contributed by atoms with Gasteiger partial charge in [-0.15, -0.1) is 0 Å². The summed E-state index contributed by atoms with van der Waals surface area (Å²) in [5.41, 5.74) is 7.01. The molecule has 0 radical (unpaired) electrons. The number of hydrogen-bond acceptors (Lipinski definition) is 4. The van der Waals surface area contributed by atoms with Gasteiger partial charge < -0.3 is 5.73 Å². The van der Waals surface area contributed by atoms with Crippen LogP contribution < -0.4 is 5.73 Å². The fourth-order valence-electron chi connectivity index (χ4n) is 1.56. The lowest BCUT2D eigenvalue weighted by Gasteiger charge is -2.08. The summed E-state index contributed by atoms with van der Waals surface area (Å²) in [7, 11) is 0. The third-order valence-electron chi connectivity index (χ3n) is 2.73. The number of nitrogens with two attached hydrogens (primary N) is 1. The number of nitrogens with zero attached hydrogens (tertiary/aromatic N) is 2. The van der Waals surface area contributed by atoms with Gasteiger partial charge in [-0.25, -0.2) is 9.97 Å². The quantitative estimate of drug-likeness (QED) is 0.845. The van der Waals surface area contributed by atoms with Crippen molar-refractivity contribution in [2.24, 2.45) is 5.73 Å². The standard InChI is InChI=1S/C14H16BrN3S/c1-2-12(16)7-10-8-17-14(18-9-10)19-13-5-3-11(15)4-6-13/h3-6,8-9,12H,2,7,16H2,1H3. The zero-order valence-electron chi connectivity index (χ0n) is 10.7. The van der Waals surface area contributed by atoms with Gasteiger partial charge in [-0.1, -0.05) is 22.9 Å². The van der Waals surface area contributed by atoms with Crippen molar-refractivity contribution in [3.05, 3.63) is 46.7 Å². The van der Waals surface area contributed by atoms with Gasteiger partial charge in [-0.3, -0.25) is 0 Å². The van der Waals surface area contributed by atoms with Gasteiger partial charge >= 0.3 is 0 Å². The van der Waals surface area contributed by atoms with Gasteiger partial charge in [0.05, 0.1) is 0 Å². The molecule has 100 valence electrons. The number of rotatable bonds is 5. The molecule has 1 aromatic heterocycles. The highest BCUT2D eigenvalue weighted by atomic mass is 79.9. The molecule has 19 heavy (non-hydrogen) atoms. The lowest BCUT2D eigenvalue weighted by molar-refractivity contribution is 0.641. The molecule has 5 heteroatoms. The Morgan fingerprint density at radius 2 is 1.84 bits per heavy atom. The SMILES string of the molecule is CCC(N)Cc1cnc(Sc2ccc(Br)cc2)nc1. The van der Waals surface area contributed by atoms with Crippen LogP contribution >= 0.6 is 27.7 Å². The first-order chi connectivity index (χ1) is 9.17. The molecular weight excluding hydrogens is 322 g/mol. The molecule has 1 aromatic carbocycles. The zero-order chi connectivity index (χ0) is 13.7. The molecule has 0 amide bonds. The van der Waals surface area contributed by atoms with E-state index in [9.17, 15) is 0 Å². The van der Waals surface area contributed by atoms with Gasteiger partial charge in [-0.2, -0.15) is 0 Å². The smallest absolute Gasteiger partial charge is 0.192 e. The molecule has 1 atom stereocenters. The molecule has 0 bridgehead atoms. The van der Waals surface area contributed by atoms with E-state index in [1.807, 2.05) is 36.7 Å². The average Bonchev–Trinajstić information content (AvgIpc) is 2.43. The van der Waals surface area contributed by atoms with Crippen LogP contribution in [-0.4, -0.2) is 16.0 Å². The van der Waals surface area contributed by atoms with Gasteiger partial charge in [0, 0.05) is 27.8 Å². The number of halogens is 1. The predicted octanol–water partition coefficient (Wildman–Crippen LogP) is 3.67. The largest absolute Gasteiger partial charge is 0.327 e. The second-order valence-electron chi connectivity index (χ2n) is 4.30. The van der Waals surface area contributed by atoms with Crippen LogP contribution in [-0.2, 0) is 6.42 Å². The lowest BCUT2D eigenvalue weighted by atomic mass is 10.1. The van der Waals surface area contributed by atoms with Crippen molar-refractivity contribution in [3.63, 3.8) is 0 Å². The zero-order valence-corrected chi connectivity index (χ0v) is 13.1. The first-order valence-electron chi connectivity index (χ1n) is 6.17. The molecule has 0 aliphatic carbocycles. The van der Waals surface area contributed by atoms with Crippen molar-refractivity contribution >= 4 is 27.7 Å². The minimum atomic E-state index is 0.188. The normalized spacial score (nSPS) is 12.4. The van der Waals surface area contributed by atoms with Crippen LogP contribution in [0.1, 0.15) is 18.9 Å². The molecule has 2 N–H and O–H groups in total. The van der Waals surface area contributed by atoms with E-state index in [-0.39, 0.29) is 6.04 Å². The molecule has 3 nitrogen and oxygen atoms in total. The van der Waals surface area contributed by atoms with Crippen LogP contribution in [0.5, 0.6) is 0 Å². The van der Waals surface area contributed by atoms with Crippen LogP contribution in [0.4, 0.5) is 0 Å². The molecule has 2 aromatic rings. The van der Waals surface area contributed by atoms with E-state index in [0.29, 0.717) is 0 Å². The van der Waals surface area contributed by atoms with E-state index in [1.165, 1.54) is 0 Å². The van der Waals surface area contributed by atoms with E-state index in [1.54, 1.807) is 11.8 Å². The second-order valence-corrected chi connectivity index (χ2v) is 6.26. The highest BCUT2D eigenvalue weighted by Crippen LogP contribution is 2.25. The van der Waals surface area contributed by atoms with E-state index in [2.05, 4.69) is 32.8 Å². The molecule has 0 aliphatic heterocycles. The van der Waals surface area contributed by atoms with Gasteiger partial charge in [-0.05, 0) is 54.4 Å². The monoisotopic (exact) mass is 337 g/mol. The first-order valence-corrected chi connectivity index (χ1v) is 7.78. The van der Waals surface area contributed by atoms with Crippen molar-refractivity contribution < 1.29 is 0 Å². The topological polar surface area (TPSA) is 51.8 Å². The van der Waals surface area contributed by atoms with Crippen molar-refractivity contribution in [1.82, 2.24) is 9.97 Å². The van der Waals surface area contributed by atoms with Crippen LogP contribution in [0.25, 0.3) is 0 Å². The summed E-state index contributed by atoms with van der Waals surface area (Å²) in [6, 6.07) is 8.29. The Bertz CT molecular complexity index is 513. The van der Waals surface area contributed by atoms with Gasteiger partial charge in [0.25, 0.3) is 0 Å². The fraction of sp³-hybridized carbons (Fsp3) is 0.286. The van der Waals surface area contributed by atoms with Crippen LogP contribution in [0.2, 0.25) is 0 Å². The third-order valence-corrected chi connectivity index (χ3v) is 4.16. The van der Waals surface area contributed by atoms with Gasteiger partial charge in [0.2, 0.25) is 0 Å². The molecule has 2 rings (SSSR count). The summed E-state index contributed by atoms with van der Waals surface area (Å²) < 4.78 is 1.07. The Labute approximate surface area is 126 Å². The minimum absolute atomic E-state index is 0.188. The van der Waals surface area contributed by atoms with Crippen LogP contribution in [0.3, 0.4) is 0 Å². The van der Waals surface area contributed by atoms with Crippen molar-refractivity contribution in [3.8, 4) is 0 Å². The van der Waals surface area contributed by atoms with Crippen LogP contribution in [0, 0.1) is 0 Å². The molecule has 0 saturated carbocycles. The summed E-state index contributed by atoms with van der Waals surface area (Å²) in [4.78, 5) is 9.86. The van der Waals surface area contributed by atoms with Crippen molar-refractivity contribution in [2.45, 2.75) is 35.9 Å². The number of aromatic nitrogens is 2. The number of hydrogen-bond donors (Lipinski definition) is 1. The third kappa shape index (κ3) is 4.60. The van der Waals surface area contributed by atoms with E-state index in [0.717, 1.165) is 32.9 Å². The molecule has 0 fully saturated rings. The summed E-state index contributed by atoms with van der Waals surface area (Å²) in [6.07, 6.45) is 5.53. The summed E-state index contributed by atoms with van der Waals surface area (Å²) in [5.74, 6) is 0. The summed E-state index contributed by atoms with van der Waals surface area (Å²) >= 11 is 4.97. The average molecular weight is 338 g/mol. The molecule has 0 aliphatic rings. The Morgan fingerprint density at radius 1 is 1.21 bits per heavy atom. The maximum Gasteiger partial charge on any atom is 0.192 e.